The van der Waals surface area contributed by atoms with Gasteiger partial charge in [0.1, 0.15) is 11.6 Å². The molecule has 2 rings (SSSR count). The topological polar surface area (TPSA) is 37.8 Å². The molecule has 0 saturated carbocycles. The van der Waals surface area contributed by atoms with E-state index in [1.807, 2.05) is 13.0 Å². The Bertz CT molecular complexity index is 560. The van der Waals surface area contributed by atoms with Crippen molar-refractivity contribution in [1.29, 1.82) is 0 Å². The minimum Gasteiger partial charge on any atom is -0.311 e. The van der Waals surface area contributed by atoms with Gasteiger partial charge in [0.2, 0.25) is 0 Å². The molecule has 1 aromatic heterocycles. The highest BCUT2D eigenvalue weighted by Gasteiger charge is 2.08. The van der Waals surface area contributed by atoms with Crippen LogP contribution in [0.15, 0.2) is 30.5 Å². The van der Waals surface area contributed by atoms with Crippen molar-refractivity contribution in [3.8, 4) is 0 Å². The van der Waals surface area contributed by atoms with Gasteiger partial charge in [-0.25, -0.2) is 14.4 Å². The lowest BCUT2D eigenvalue weighted by atomic mass is 10.1. The Morgan fingerprint density at radius 3 is 2.95 bits per heavy atom. The number of hydrogen-bond donors (Lipinski definition) is 1. The second-order valence-corrected chi connectivity index (χ2v) is 4.54. The highest BCUT2D eigenvalue weighted by atomic mass is 35.5. The van der Waals surface area contributed by atoms with E-state index in [-0.39, 0.29) is 5.02 Å². The number of halogens is 2. The lowest BCUT2D eigenvalue weighted by Crippen LogP contribution is -2.14. The molecule has 100 valence electrons. The van der Waals surface area contributed by atoms with Crippen LogP contribution in [0.3, 0.4) is 0 Å². The SMILES string of the molecule is CCNCc1ccnc(Cc2cccc(Cl)c2F)n1. The van der Waals surface area contributed by atoms with E-state index in [9.17, 15) is 4.39 Å². The number of benzene rings is 1. The molecule has 1 heterocycles. The van der Waals surface area contributed by atoms with Crippen LogP contribution in [0, 0.1) is 5.82 Å². The lowest BCUT2D eigenvalue weighted by molar-refractivity contribution is 0.612. The first-order chi connectivity index (χ1) is 9.20. The van der Waals surface area contributed by atoms with Crippen LogP contribution in [-0.2, 0) is 13.0 Å². The van der Waals surface area contributed by atoms with Crippen LogP contribution in [-0.4, -0.2) is 16.5 Å². The van der Waals surface area contributed by atoms with Crippen LogP contribution in [0.5, 0.6) is 0 Å². The Kier molecular flexibility index (Phi) is 4.82. The van der Waals surface area contributed by atoms with E-state index >= 15 is 0 Å². The summed E-state index contributed by atoms with van der Waals surface area (Å²) in [6, 6.07) is 6.80. The molecule has 0 spiro atoms. The van der Waals surface area contributed by atoms with Gasteiger partial charge in [0.15, 0.2) is 0 Å². The van der Waals surface area contributed by atoms with Gasteiger partial charge in [-0.05, 0) is 24.2 Å². The molecule has 5 heteroatoms. The van der Waals surface area contributed by atoms with E-state index in [4.69, 9.17) is 11.6 Å². The molecule has 0 amide bonds. The highest BCUT2D eigenvalue weighted by molar-refractivity contribution is 6.30. The molecule has 19 heavy (non-hydrogen) atoms. The Labute approximate surface area is 116 Å². The van der Waals surface area contributed by atoms with Crippen LogP contribution < -0.4 is 5.32 Å². The zero-order valence-electron chi connectivity index (χ0n) is 10.7. The molecule has 1 N–H and O–H groups in total. The Morgan fingerprint density at radius 2 is 2.16 bits per heavy atom. The van der Waals surface area contributed by atoms with E-state index in [2.05, 4.69) is 15.3 Å². The first kappa shape index (κ1) is 13.9. The summed E-state index contributed by atoms with van der Waals surface area (Å²) in [5, 5.41) is 3.32. The van der Waals surface area contributed by atoms with Gasteiger partial charge >= 0.3 is 0 Å². The van der Waals surface area contributed by atoms with E-state index in [1.165, 1.54) is 6.07 Å². The van der Waals surface area contributed by atoms with Crippen LogP contribution in [0.2, 0.25) is 5.02 Å². The highest BCUT2D eigenvalue weighted by Crippen LogP contribution is 2.19. The number of rotatable bonds is 5. The molecular formula is C14H15ClFN3. The summed E-state index contributed by atoms with van der Waals surface area (Å²) < 4.78 is 13.8. The second-order valence-electron chi connectivity index (χ2n) is 4.13. The van der Waals surface area contributed by atoms with Crippen molar-refractivity contribution in [2.24, 2.45) is 0 Å². The first-order valence-corrected chi connectivity index (χ1v) is 6.53. The largest absolute Gasteiger partial charge is 0.311 e. The van der Waals surface area contributed by atoms with Crippen molar-refractivity contribution in [2.75, 3.05) is 6.54 Å². The number of nitrogens with one attached hydrogen (secondary N) is 1. The minimum absolute atomic E-state index is 0.126. The summed E-state index contributed by atoms with van der Waals surface area (Å²) >= 11 is 5.75. The van der Waals surface area contributed by atoms with Crippen molar-refractivity contribution >= 4 is 11.6 Å². The zero-order chi connectivity index (χ0) is 13.7. The van der Waals surface area contributed by atoms with Crippen molar-refractivity contribution in [1.82, 2.24) is 15.3 Å². The van der Waals surface area contributed by atoms with E-state index in [0.29, 0.717) is 24.4 Å². The summed E-state index contributed by atoms with van der Waals surface area (Å²) in [7, 11) is 0. The number of aromatic nitrogens is 2. The molecule has 0 atom stereocenters. The van der Waals surface area contributed by atoms with Crippen molar-refractivity contribution < 1.29 is 4.39 Å². The third kappa shape index (κ3) is 3.72. The molecule has 0 aliphatic heterocycles. The van der Waals surface area contributed by atoms with E-state index in [0.717, 1.165) is 12.2 Å². The van der Waals surface area contributed by atoms with E-state index < -0.39 is 5.82 Å². The quantitative estimate of drug-likeness (QED) is 0.914. The molecule has 0 radical (unpaired) electrons. The predicted octanol–water partition coefficient (Wildman–Crippen LogP) is 2.97. The lowest BCUT2D eigenvalue weighted by Gasteiger charge is -2.06. The van der Waals surface area contributed by atoms with Crippen molar-refractivity contribution in [2.45, 2.75) is 19.9 Å². The molecule has 0 saturated heterocycles. The fourth-order valence-electron chi connectivity index (χ4n) is 1.73. The van der Waals surface area contributed by atoms with Crippen LogP contribution in [0.4, 0.5) is 4.39 Å². The van der Waals surface area contributed by atoms with Gasteiger partial charge < -0.3 is 5.32 Å². The van der Waals surface area contributed by atoms with Crippen molar-refractivity contribution in [3.63, 3.8) is 0 Å². The minimum atomic E-state index is -0.398. The molecule has 0 unspecified atom stereocenters. The maximum Gasteiger partial charge on any atom is 0.145 e. The van der Waals surface area contributed by atoms with Gasteiger partial charge in [-0.1, -0.05) is 30.7 Å². The summed E-state index contributed by atoms with van der Waals surface area (Å²) in [4.78, 5) is 8.56. The standard InChI is InChI=1S/C14H15ClFN3/c1-2-17-9-11-6-7-18-13(19-11)8-10-4-3-5-12(15)14(10)16/h3-7,17H,2,8-9H2,1H3. The van der Waals surface area contributed by atoms with Crippen LogP contribution in [0.1, 0.15) is 24.0 Å². The second kappa shape index (κ2) is 6.59. The number of nitrogens with zero attached hydrogens (tertiary/aromatic N) is 2. The smallest absolute Gasteiger partial charge is 0.145 e. The third-order valence-electron chi connectivity index (χ3n) is 2.70. The molecule has 0 bridgehead atoms. The van der Waals surface area contributed by atoms with Crippen molar-refractivity contribution in [3.05, 3.63) is 58.4 Å². The average molecular weight is 280 g/mol. The van der Waals surface area contributed by atoms with E-state index in [1.54, 1.807) is 18.3 Å². The van der Waals surface area contributed by atoms with Gasteiger partial charge in [-0.3, -0.25) is 0 Å². The predicted molar refractivity (Wildman–Crippen MR) is 73.6 cm³/mol. The maximum atomic E-state index is 13.8. The molecular weight excluding hydrogens is 265 g/mol. The Balaban J connectivity index is 2.16. The summed E-state index contributed by atoms with van der Waals surface area (Å²) in [5.41, 5.74) is 1.40. The molecule has 3 nitrogen and oxygen atoms in total. The molecule has 0 aliphatic rings. The van der Waals surface area contributed by atoms with Gasteiger partial charge in [-0.15, -0.1) is 0 Å². The molecule has 2 aromatic rings. The van der Waals surface area contributed by atoms with Gasteiger partial charge in [0, 0.05) is 19.2 Å². The van der Waals surface area contributed by atoms with Gasteiger partial charge in [-0.2, -0.15) is 0 Å². The summed E-state index contributed by atoms with van der Waals surface area (Å²) in [6.07, 6.45) is 2.03. The number of hydrogen-bond acceptors (Lipinski definition) is 3. The van der Waals surface area contributed by atoms with Crippen LogP contribution >= 0.6 is 11.6 Å². The monoisotopic (exact) mass is 279 g/mol. The first-order valence-electron chi connectivity index (χ1n) is 6.15. The summed E-state index contributed by atoms with van der Waals surface area (Å²) in [5.74, 6) is 0.196. The Hall–Kier alpha value is -1.52. The Morgan fingerprint density at radius 1 is 1.32 bits per heavy atom. The average Bonchev–Trinajstić information content (AvgIpc) is 2.42. The van der Waals surface area contributed by atoms with Gasteiger partial charge in [0.05, 0.1) is 10.7 Å². The van der Waals surface area contributed by atoms with Crippen LogP contribution in [0.25, 0.3) is 0 Å². The third-order valence-corrected chi connectivity index (χ3v) is 2.99. The fourth-order valence-corrected chi connectivity index (χ4v) is 1.93. The summed E-state index contributed by atoms with van der Waals surface area (Å²) in [6.45, 7) is 3.59. The normalized spacial score (nSPS) is 10.7. The molecule has 0 fully saturated rings. The maximum absolute atomic E-state index is 13.8. The molecule has 0 aliphatic carbocycles. The molecule has 1 aromatic carbocycles. The van der Waals surface area contributed by atoms with Gasteiger partial charge in [0.25, 0.3) is 0 Å². The zero-order valence-corrected chi connectivity index (χ0v) is 11.4. The fraction of sp³-hybridized carbons (Fsp3) is 0.286.